The maximum Gasteiger partial charge on any atom is 0.420 e. The van der Waals surface area contributed by atoms with Crippen molar-refractivity contribution in [2.24, 2.45) is 0 Å². The monoisotopic (exact) mass is 502 g/mol. The van der Waals surface area contributed by atoms with Gasteiger partial charge in [-0.05, 0) is 49.2 Å². The van der Waals surface area contributed by atoms with Gasteiger partial charge in [-0.15, -0.1) is 0 Å². The molecule has 0 aliphatic heterocycles. The maximum absolute atomic E-state index is 13.4. The number of hydrogen-bond acceptors (Lipinski definition) is 6. The zero-order chi connectivity index (χ0) is 25.9. The third-order valence-corrected chi connectivity index (χ3v) is 5.52. The lowest BCUT2D eigenvalue weighted by molar-refractivity contribution is -0.138. The molecule has 0 atom stereocenters. The van der Waals surface area contributed by atoms with E-state index in [9.17, 15) is 27.6 Å². The lowest BCUT2D eigenvalue weighted by Crippen LogP contribution is -2.49. The number of halogens is 3. The summed E-state index contributed by atoms with van der Waals surface area (Å²) in [6.45, 7) is 0.0259. The van der Waals surface area contributed by atoms with Crippen molar-refractivity contribution < 1.29 is 32.2 Å². The molecular weight excluding hydrogens is 481 g/mol. The molecule has 1 saturated carbocycles. The summed E-state index contributed by atoms with van der Waals surface area (Å²) in [6.07, 6.45) is -1.18. The average Bonchev–Trinajstić information content (AvgIpc) is 3.63. The van der Waals surface area contributed by atoms with Crippen molar-refractivity contribution in [2.75, 3.05) is 7.11 Å². The summed E-state index contributed by atoms with van der Waals surface area (Å²) in [7, 11) is 1.27. The molecule has 0 bridgehead atoms. The van der Waals surface area contributed by atoms with Gasteiger partial charge < -0.3 is 25.1 Å². The number of nitrogens with zero attached hydrogens (tertiary/aromatic N) is 1. The smallest absolute Gasteiger partial charge is 0.420 e. The van der Waals surface area contributed by atoms with Crippen LogP contribution in [0.3, 0.4) is 0 Å². The standard InChI is InChI=1S/C24H21F3N4O5/c1-35-16-4-5-19(18(11-16)24(25,26)27)36-17-3-2-15(29-13-17)12-30-22(34)23(7-8-23)31-21(33)14-6-9-28-20(32)10-14/h2-6,9-11,13H,7-8,12H2,1H3,(H,28,32)(H,30,34)(H,31,33). The van der Waals surface area contributed by atoms with Gasteiger partial charge in [0.25, 0.3) is 5.91 Å². The van der Waals surface area contributed by atoms with Crippen LogP contribution in [0.15, 0.2) is 59.7 Å². The number of pyridine rings is 2. The third kappa shape index (κ3) is 5.65. The molecule has 1 aliphatic rings. The fourth-order valence-electron chi connectivity index (χ4n) is 3.40. The van der Waals surface area contributed by atoms with Crippen LogP contribution in [-0.2, 0) is 17.5 Å². The molecule has 0 unspecified atom stereocenters. The van der Waals surface area contributed by atoms with E-state index in [1.807, 2.05) is 0 Å². The van der Waals surface area contributed by atoms with Gasteiger partial charge in [0, 0.05) is 17.8 Å². The first kappa shape index (κ1) is 24.8. The Morgan fingerprint density at radius 1 is 1.11 bits per heavy atom. The highest BCUT2D eigenvalue weighted by atomic mass is 19.4. The topological polar surface area (TPSA) is 122 Å². The predicted molar refractivity (Wildman–Crippen MR) is 121 cm³/mol. The minimum atomic E-state index is -4.65. The molecule has 9 nitrogen and oxygen atoms in total. The van der Waals surface area contributed by atoms with Crippen LogP contribution in [0.4, 0.5) is 13.2 Å². The average molecular weight is 502 g/mol. The highest BCUT2D eigenvalue weighted by molar-refractivity contribution is 6.00. The molecule has 1 aliphatic carbocycles. The van der Waals surface area contributed by atoms with Gasteiger partial charge >= 0.3 is 6.18 Å². The Hall–Kier alpha value is -4.35. The van der Waals surface area contributed by atoms with Crippen molar-refractivity contribution in [3.8, 4) is 17.2 Å². The van der Waals surface area contributed by atoms with Crippen LogP contribution < -0.4 is 25.7 Å². The molecule has 1 fully saturated rings. The van der Waals surface area contributed by atoms with E-state index in [-0.39, 0.29) is 23.6 Å². The van der Waals surface area contributed by atoms with E-state index in [4.69, 9.17) is 9.47 Å². The number of rotatable bonds is 8. The van der Waals surface area contributed by atoms with E-state index >= 15 is 0 Å². The van der Waals surface area contributed by atoms with Gasteiger partial charge in [-0.3, -0.25) is 19.4 Å². The Labute approximate surface area is 202 Å². The van der Waals surface area contributed by atoms with Crippen molar-refractivity contribution in [3.63, 3.8) is 0 Å². The molecule has 188 valence electrons. The molecule has 3 N–H and O–H groups in total. The summed E-state index contributed by atoms with van der Waals surface area (Å²) in [5, 5.41) is 5.36. The van der Waals surface area contributed by atoms with E-state index in [2.05, 4.69) is 20.6 Å². The van der Waals surface area contributed by atoms with E-state index in [0.717, 1.165) is 18.2 Å². The van der Waals surface area contributed by atoms with Gasteiger partial charge in [-0.25, -0.2) is 0 Å². The molecule has 0 saturated heterocycles. The van der Waals surface area contributed by atoms with Gasteiger partial charge in [0.05, 0.1) is 25.5 Å². The lowest BCUT2D eigenvalue weighted by atomic mass is 10.2. The fraction of sp³-hybridized carbons (Fsp3) is 0.250. The summed E-state index contributed by atoms with van der Waals surface area (Å²) < 4.78 is 50.3. The van der Waals surface area contributed by atoms with Crippen LogP contribution in [0, 0.1) is 0 Å². The summed E-state index contributed by atoms with van der Waals surface area (Å²) in [6, 6.07) is 8.85. The molecule has 1 aromatic carbocycles. The second-order valence-corrected chi connectivity index (χ2v) is 8.11. The molecule has 2 aromatic heterocycles. The third-order valence-electron chi connectivity index (χ3n) is 5.52. The number of aromatic nitrogens is 2. The van der Waals surface area contributed by atoms with E-state index in [0.29, 0.717) is 18.5 Å². The second-order valence-electron chi connectivity index (χ2n) is 8.11. The van der Waals surface area contributed by atoms with E-state index in [1.165, 1.54) is 43.8 Å². The summed E-state index contributed by atoms with van der Waals surface area (Å²) in [5.41, 5.74) is -1.92. The van der Waals surface area contributed by atoms with Gasteiger partial charge in [0.15, 0.2) is 0 Å². The molecule has 4 rings (SSSR count). The number of nitrogens with one attached hydrogen (secondary N) is 3. The number of ether oxygens (including phenoxy) is 2. The number of amides is 2. The number of carbonyl (C=O) groups is 2. The SMILES string of the molecule is COc1ccc(Oc2ccc(CNC(=O)C3(NC(=O)c4cc[nH]c(=O)c4)CC3)nc2)c(C(F)(F)F)c1. The zero-order valence-electron chi connectivity index (χ0n) is 18.9. The Balaban J connectivity index is 1.36. The van der Waals surface area contributed by atoms with E-state index in [1.54, 1.807) is 0 Å². The minimum Gasteiger partial charge on any atom is -0.497 e. The minimum absolute atomic E-state index is 0.0259. The van der Waals surface area contributed by atoms with Crippen molar-refractivity contribution in [2.45, 2.75) is 31.1 Å². The molecule has 0 spiro atoms. The highest BCUT2D eigenvalue weighted by Gasteiger charge is 2.51. The number of hydrogen-bond donors (Lipinski definition) is 3. The highest BCUT2D eigenvalue weighted by Crippen LogP contribution is 2.40. The van der Waals surface area contributed by atoms with Crippen molar-refractivity contribution in [1.29, 1.82) is 0 Å². The summed E-state index contributed by atoms with van der Waals surface area (Å²) >= 11 is 0. The number of carbonyl (C=O) groups excluding carboxylic acids is 2. The van der Waals surface area contributed by atoms with Crippen LogP contribution in [0.25, 0.3) is 0 Å². The maximum atomic E-state index is 13.4. The predicted octanol–water partition coefficient (Wildman–Crippen LogP) is 3.17. The Kier molecular flexibility index (Phi) is 6.69. The van der Waals surface area contributed by atoms with Crippen LogP contribution >= 0.6 is 0 Å². The Bertz CT molecular complexity index is 1330. The van der Waals surface area contributed by atoms with Crippen molar-refractivity contribution in [3.05, 3.63) is 82.0 Å². The number of H-pyrrole nitrogens is 1. The Morgan fingerprint density at radius 2 is 1.86 bits per heavy atom. The van der Waals surface area contributed by atoms with Gasteiger partial charge in [-0.1, -0.05) is 0 Å². The quantitative estimate of drug-likeness (QED) is 0.435. The van der Waals surface area contributed by atoms with Gasteiger partial charge in [-0.2, -0.15) is 13.2 Å². The van der Waals surface area contributed by atoms with Crippen molar-refractivity contribution in [1.82, 2.24) is 20.6 Å². The largest absolute Gasteiger partial charge is 0.497 e. The van der Waals surface area contributed by atoms with Crippen LogP contribution in [0.5, 0.6) is 17.2 Å². The molecule has 36 heavy (non-hydrogen) atoms. The number of alkyl halides is 3. The normalized spacial score (nSPS) is 14.0. The van der Waals surface area contributed by atoms with Crippen LogP contribution in [-0.4, -0.2) is 34.4 Å². The molecule has 12 heteroatoms. The first-order chi connectivity index (χ1) is 17.1. The summed E-state index contributed by atoms with van der Waals surface area (Å²) in [5.74, 6) is -1.23. The van der Waals surface area contributed by atoms with Crippen LogP contribution in [0.2, 0.25) is 0 Å². The molecular formula is C24H21F3N4O5. The summed E-state index contributed by atoms with van der Waals surface area (Å²) in [4.78, 5) is 43.0. The van der Waals surface area contributed by atoms with Crippen molar-refractivity contribution >= 4 is 11.8 Å². The first-order valence-corrected chi connectivity index (χ1v) is 10.8. The van der Waals surface area contributed by atoms with E-state index < -0.39 is 40.4 Å². The van der Waals surface area contributed by atoms with Gasteiger partial charge in [0.1, 0.15) is 28.4 Å². The Morgan fingerprint density at radius 3 is 2.47 bits per heavy atom. The number of aromatic amines is 1. The zero-order valence-corrected chi connectivity index (χ0v) is 18.9. The molecule has 0 radical (unpaired) electrons. The number of methoxy groups -OCH3 is 1. The number of benzene rings is 1. The van der Waals surface area contributed by atoms with Crippen LogP contribution in [0.1, 0.15) is 34.5 Å². The second kappa shape index (κ2) is 9.72. The lowest BCUT2D eigenvalue weighted by Gasteiger charge is -2.17. The fourth-order valence-corrected chi connectivity index (χ4v) is 3.40. The molecule has 2 heterocycles. The van der Waals surface area contributed by atoms with Gasteiger partial charge in [0.2, 0.25) is 11.5 Å². The molecule has 2 amide bonds. The first-order valence-electron chi connectivity index (χ1n) is 10.8. The molecule has 3 aromatic rings.